The summed E-state index contributed by atoms with van der Waals surface area (Å²) in [5.41, 5.74) is 1.85. The van der Waals surface area contributed by atoms with Crippen molar-refractivity contribution in [3.63, 3.8) is 0 Å². The molecule has 4 aromatic rings. The van der Waals surface area contributed by atoms with Crippen LogP contribution in [0.2, 0.25) is 5.02 Å². The van der Waals surface area contributed by atoms with E-state index in [1.54, 1.807) is 0 Å². The Kier molecular flexibility index (Phi) is 6.57. The summed E-state index contributed by atoms with van der Waals surface area (Å²) >= 11 is 7.84. The summed E-state index contributed by atoms with van der Waals surface area (Å²) in [6, 6.07) is 29.2. The summed E-state index contributed by atoms with van der Waals surface area (Å²) in [6.45, 7) is 0.511. The largest absolute Gasteiger partial charge is 0.489 e. The second-order valence-electron chi connectivity index (χ2n) is 6.73. The molecule has 30 heavy (non-hydrogen) atoms. The van der Waals surface area contributed by atoms with Crippen LogP contribution in [0.4, 0.5) is 5.69 Å². The normalized spacial score (nSPS) is 10.7. The zero-order valence-corrected chi connectivity index (χ0v) is 17.7. The highest BCUT2D eigenvalue weighted by Crippen LogP contribution is 2.33. The van der Waals surface area contributed by atoms with E-state index in [4.69, 9.17) is 16.3 Å². The monoisotopic (exact) mass is 433 g/mol. The van der Waals surface area contributed by atoms with Crippen LogP contribution in [0.5, 0.6) is 5.75 Å². The lowest BCUT2D eigenvalue weighted by Crippen LogP contribution is -2.13. The minimum Gasteiger partial charge on any atom is -0.489 e. The molecule has 0 saturated heterocycles. The highest BCUT2D eigenvalue weighted by Gasteiger charge is 2.09. The van der Waals surface area contributed by atoms with E-state index >= 15 is 0 Å². The van der Waals surface area contributed by atoms with Crippen LogP contribution in [0.15, 0.2) is 95.9 Å². The highest BCUT2D eigenvalue weighted by molar-refractivity contribution is 8.00. The van der Waals surface area contributed by atoms with Gasteiger partial charge in [0.2, 0.25) is 5.91 Å². The number of ether oxygens (including phenoxy) is 1. The minimum atomic E-state index is -0.0676. The fourth-order valence-electron chi connectivity index (χ4n) is 3.10. The Labute approximate surface area is 185 Å². The van der Waals surface area contributed by atoms with Crippen LogP contribution in [-0.2, 0) is 11.4 Å². The van der Waals surface area contributed by atoms with Crippen molar-refractivity contribution >= 4 is 45.7 Å². The second kappa shape index (κ2) is 9.70. The molecule has 0 aromatic heterocycles. The first-order valence-electron chi connectivity index (χ1n) is 9.56. The molecule has 0 fully saturated rings. The summed E-state index contributed by atoms with van der Waals surface area (Å²) in [5, 5.41) is 5.68. The van der Waals surface area contributed by atoms with E-state index in [2.05, 4.69) is 5.32 Å². The van der Waals surface area contributed by atoms with Crippen molar-refractivity contribution in [2.24, 2.45) is 0 Å². The van der Waals surface area contributed by atoms with Gasteiger partial charge in [-0.3, -0.25) is 4.79 Å². The number of halogens is 1. The van der Waals surface area contributed by atoms with Crippen molar-refractivity contribution in [1.82, 2.24) is 0 Å². The third-order valence-electron chi connectivity index (χ3n) is 4.56. The molecule has 0 aliphatic carbocycles. The molecule has 0 saturated carbocycles. The molecular weight excluding hydrogens is 414 g/mol. The van der Waals surface area contributed by atoms with Gasteiger partial charge in [0.25, 0.3) is 0 Å². The molecule has 3 nitrogen and oxygen atoms in total. The lowest BCUT2D eigenvalue weighted by Gasteiger charge is -2.10. The Bertz CT molecular complexity index is 1140. The van der Waals surface area contributed by atoms with Gasteiger partial charge in [-0.15, -0.1) is 11.8 Å². The van der Waals surface area contributed by atoms with Crippen molar-refractivity contribution in [3.8, 4) is 5.75 Å². The van der Waals surface area contributed by atoms with E-state index in [9.17, 15) is 4.79 Å². The van der Waals surface area contributed by atoms with Crippen LogP contribution in [0, 0.1) is 0 Å². The number of nitrogens with one attached hydrogen (secondary N) is 1. The number of rotatable bonds is 7. The van der Waals surface area contributed by atoms with Crippen LogP contribution in [0.25, 0.3) is 10.8 Å². The van der Waals surface area contributed by atoms with Crippen molar-refractivity contribution in [2.45, 2.75) is 11.5 Å². The van der Waals surface area contributed by atoms with Gasteiger partial charge in [-0.25, -0.2) is 0 Å². The zero-order valence-electron chi connectivity index (χ0n) is 16.2. The first-order chi connectivity index (χ1) is 14.7. The predicted octanol–water partition coefficient (Wildman–Crippen LogP) is 6.80. The number of benzene rings is 4. The summed E-state index contributed by atoms with van der Waals surface area (Å²) in [6.07, 6.45) is 0. The lowest BCUT2D eigenvalue weighted by atomic mass is 10.1. The molecule has 4 aromatic carbocycles. The van der Waals surface area contributed by atoms with Crippen LogP contribution in [0.1, 0.15) is 5.56 Å². The second-order valence-corrected chi connectivity index (χ2v) is 8.15. The first-order valence-corrected chi connectivity index (χ1v) is 10.9. The Morgan fingerprint density at radius 3 is 2.37 bits per heavy atom. The number of carbonyl (C=O) groups excluding carboxylic acids is 1. The molecule has 0 unspecified atom stereocenters. The van der Waals surface area contributed by atoms with Crippen molar-refractivity contribution in [2.75, 3.05) is 11.1 Å². The zero-order chi connectivity index (χ0) is 20.8. The first kappa shape index (κ1) is 20.3. The maximum absolute atomic E-state index is 12.4. The van der Waals surface area contributed by atoms with Crippen LogP contribution >= 0.6 is 23.4 Å². The van der Waals surface area contributed by atoms with Gasteiger partial charge in [-0.05, 0) is 47.3 Å². The quantitative estimate of drug-likeness (QED) is 0.325. The van der Waals surface area contributed by atoms with Crippen molar-refractivity contribution in [1.29, 1.82) is 0 Å². The number of hydrogen-bond acceptors (Lipinski definition) is 3. The third kappa shape index (κ3) is 5.15. The van der Waals surface area contributed by atoms with Gasteiger partial charge in [0, 0.05) is 21.0 Å². The predicted molar refractivity (Wildman–Crippen MR) is 126 cm³/mol. The van der Waals surface area contributed by atoms with Gasteiger partial charge < -0.3 is 10.1 Å². The SMILES string of the molecule is O=C(CSc1cccc2cccc(Cl)c12)Nc1ccc(OCc2ccccc2)cc1. The average Bonchev–Trinajstić information content (AvgIpc) is 2.78. The molecule has 1 amide bonds. The Hall–Kier alpha value is -2.95. The van der Waals surface area contributed by atoms with Gasteiger partial charge in [0.1, 0.15) is 12.4 Å². The van der Waals surface area contributed by atoms with Gasteiger partial charge in [0.15, 0.2) is 0 Å². The molecule has 1 N–H and O–H groups in total. The number of amides is 1. The summed E-state index contributed by atoms with van der Waals surface area (Å²) in [5.74, 6) is 0.995. The highest BCUT2D eigenvalue weighted by atomic mass is 35.5. The van der Waals surface area contributed by atoms with Gasteiger partial charge in [-0.1, -0.05) is 66.2 Å². The molecule has 0 spiro atoms. The number of fused-ring (bicyclic) bond motifs is 1. The van der Waals surface area contributed by atoms with E-state index in [0.29, 0.717) is 17.4 Å². The molecule has 0 aliphatic heterocycles. The fraction of sp³-hybridized carbons (Fsp3) is 0.0800. The summed E-state index contributed by atoms with van der Waals surface area (Å²) < 4.78 is 5.78. The number of carbonyl (C=O) groups is 1. The number of thioether (sulfide) groups is 1. The van der Waals surface area contributed by atoms with Crippen molar-refractivity contribution in [3.05, 3.63) is 102 Å². The average molecular weight is 434 g/mol. The van der Waals surface area contributed by atoms with Gasteiger partial charge >= 0.3 is 0 Å². The molecule has 0 aliphatic rings. The summed E-state index contributed by atoms with van der Waals surface area (Å²) in [4.78, 5) is 13.4. The van der Waals surface area contributed by atoms with Crippen molar-refractivity contribution < 1.29 is 9.53 Å². The third-order valence-corrected chi connectivity index (χ3v) is 5.93. The topological polar surface area (TPSA) is 38.3 Å². The molecule has 0 heterocycles. The van der Waals surface area contributed by atoms with E-state index in [0.717, 1.165) is 32.7 Å². The van der Waals surface area contributed by atoms with E-state index in [1.165, 1.54) is 11.8 Å². The molecule has 5 heteroatoms. The molecule has 0 radical (unpaired) electrons. The molecule has 0 bridgehead atoms. The maximum Gasteiger partial charge on any atom is 0.234 e. The number of anilines is 1. The van der Waals surface area contributed by atoms with E-state index in [1.807, 2.05) is 91.0 Å². The maximum atomic E-state index is 12.4. The van der Waals surface area contributed by atoms with Gasteiger partial charge in [0.05, 0.1) is 5.75 Å². The van der Waals surface area contributed by atoms with E-state index in [-0.39, 0.29) is 5.91 Å². The minimum absolute atomic E-state index is 0.0676. The van der Waals surface area contributed by atoms with Crippen LogP contribution < -0.4 is 10.1 Å². The fourth-order valence-corrected chi connectivity index (χ4v) is 4.34. The van der Waals surface area contributed by atoms with Gasteiger partial charge in [-0.2, -0.15) is 0 Å². The van der Waals surface area contributed by atoms with E-state index < -0.39 is 0 Å². The summed E-state index contributed by atoms with van der Waals surface area (Å²) in [7, 11) is 0. The smallest absolute Gasteiger partial charge is 0.234 e. The Balaban J connectivity index is 1.32. The standard InChI is InChI=1S/C25H20ClNO2S/c26-22-10-4-8-19-9-5-11-23(25(19)22)30-17-24(28)27-20-12-14-21(15-13-20)29-16-18-6-2-1-3-7-18/h1-15H,16-17H2,(H,27,28). The molecule has 0 atom stereocenters. The molecule has 150 valence electrons. The number of hydrogen-bond donors (Lipinski definition) is 1. The lowest BCUT2D eigenvalue weighted by molar-refractivity contribution is -0.113. The molecular formula is C25H20ClNO2S. The van der Waals surface area contributed by atoms with Crippen LogP contribution in [0.3, 0.4) is 0 Å². The molecule has 4 rings (SSSR count). The van der Waals surface area contributed by atoms with Crippen LogP contribution in [-0.4, -0.2) is 11.7 Å². The Morgan fingerprint density at radius 1 is 0.867 bits per heavy atom. The Morgan fingerprint density at radius 2 is 1.60 bits per heavy atom.